The van der Waals surface area contributed by atoms with E-state index in [0.29, 0.717) is 11.5 Å². The molecule has 1 amide bonds. The van der Waals surface area contributed by atoms with Gasteiger partial charge in [-0.25, -0.2) is 0 Å². The maximum atomic E-state index is 12.2. The van der Waals surface area contributed by atoms with Crippen molar-refractivity contribution in [3.05, 3.63) is 54.4 Å². The maximum absolute atomic E-state index is 12.2. The average Bonchev–Trinajstić information content (AvgIpc) is 3.13. The minimum absolute atomic E-state index is 0.103. The standard InChI is InChI=1S/C14H10N6O/c21-14-8-11(10-4-2-1-3-5-10)17-20(14)13-7-6-12-16-15-9-19(12)18-13/h1-7,9H,8H2. The molecule has 3 aromatic rings. The SMILES string of the molecule is O=C1CC(c2ccccc2)=NN1c1ccc2nncn2n1. The van der Waals surface area contributed by atoms with Gasteiger partial charge in [-0.1, -0.05) is 30.3 Å². The number of benzene rings is 1. The summed E-state index contributed by atoms with van der Waals surface area (Å²) in [5.41, 5.74) is 2.31. The summed E-state index contributed by atoms with van der Waals surface area (Å²) in [6.45, 7) is 0. The minimum Gasteiger partial charge on any atom is -0.272 e. The van der Waals surface area contributed by atoms with Crippen LogP contribution in [0.2, 0.25) is 0 Å². The van der Waals surface area contributed by atoms with Gasteiger partial charge in [-0.15, -0.1) is 15.3 Å². The molecule has 1 aliphatic heterocycles. The van der Waals surface area contributed by atoms with Gasteiger partial charge in [0.2, 0.25) is 0 Å². The van der Waals surface area contributed by atoms with Crippen LogP contribution in [0.4, 0.5) is 5.82 Å². The van der Waals surface area contributed by atoms with E-state index in [1.807, 2.05) is 30.3 Å². The Hall–Kier alpha value is -3.09. The first-order valence-electron chi connectivity index (χ1n) is 6.44. The number of amides is 1. The Morgan fingerprint density at radius 3 is 2.76 bits per heavy atom. The van der Waals surface area contributed by atoms with Gasteiger partial charge in [-0.05, 0) is 17.7 Å². The lowest BCUT2D eigenvalue weighted by atomic mass is 10.1. The molecular weight excluding hydrogens is 268 g/mol. The third kappa shape index (κ3) is 1.95. The van der Waals surface area contributed by atoms with E-state index in [1.165, 1.54) is 15.9 Å². The zero-order valence-electron chi connectivity index (χ0n) is 10.9. The molecule has 102 valence electrons. The van der Waals surface area contributed by atoms with Crippen molar-refractivity contribution in [2.45, 2.75) is 6.42 Å². The molecule has 0 unspecified atom stereocenters. The molecule has 0 radical (unpaired) electrons. The van der Waals surface area contributed by atoms with Crippen molar-refractivity contribution in [1.82, 2.24) is 19.8 Å². The van der Waals surface area contributed by atoms with Crippen LogP contribution in [0.5, 0.6) is 0 Å². The van der Waals surface area contributed by atoms with Gasteiger partial charge >= 0.3 is 0 Å². The summed E-state index contributed by atoms with van der Waals surface area (Å²) in [5, 5.41) is 17.6. The number of aromatic nitrogens is 4. The van der Waals surface area contributed by atoms with Gasteiger partial charge in [-0.2, -0.15) is 14.6 Å². The van der Waals surface area contributed by atoms with Crippen LogP contribution in [0.1, 0.15) is 12.0 Å². The van der Waals surface area contributed by atoms with Crippen LogP contribution >= 0.6 is 0 Å². The topological polar surface area (TPSA) is 75.8 Å². The highest BCUT2D eigenvalue weighted by molar-refractivity contribution is 6.19. The summed E-state index contributed by atoms with van der Waals surface area (Å²) < 4.78 is 1.51. The van der Waals surface area contributed by atoms with Crippen molar-refractivity contribution in [2.24, 2.45) is 5.10 Å². The van der Waals surface area contributed by atoms with Crippen LogP contribution in [-0.2, 0) is 4.79 Å². The van der Waals surface area contributed by atoms with E-state index in [0.717, 1.165) is 11.3 Å². The second-order valence-corrected chi connectivity index (χ2v) is 4.62. The minimum atomic E-state index is -0.103. The lowest BCUT2D eigenvalue weighted by Crippen LogP contribution is -2.21. The highest BCUT2D eigenvalue weighted by Crippen LogP contribution is 2.21. The third-order valence-corrected chi connectivity index (χ3v) is 3.25. The Balaban J connectivity index is 1.74. The van der Waals surface area contributed by atoms with Gasteiger partial charge in [0, 0.05) is 0 Å². The van der Waals surface area contributed by atoms with Crippen LogP contribution in [0.25, 0.3) is 5.65 Å². The molecule has 2 aromatic heterocycles. The zero-order chi connectivity index (χ0) is 14.2. The number of fused-ring (bicyclic) bond motifs is 1. The number of rotatable bonds is 2. The summed E-state index contributed by atoms with van der Waals surface area (Å²) >= 11 is 0. The smallest absolute Gasteiger partial charge is 0.255 e. The van der Waals surface area contributed by atoms with E-state index in [4.69, 9.17) is 0 Å². The van der Waals surface area contributed by atoms with E-state index in [1.54, 1.807) is 12.1 Å². The molecule has 4 rings (SSSR count). The van der Waals surface area contributed by atoms with Crippen molar-refractivity contribution in [2.75, 3.05) is 5.01 Å². The Morgan fingerprint density at radius 2 is 1.90 bits per heavy atom. The number of nitrogens with zero attached hydrogens (tertiary/aromatic N) is 6. The summed E-state index contributed by atoms with van der Waals surface area (Å²) in [5.74, 6) is 0.354. The second kappa shape index (κ2) is 4.48. The molecule has 7 nitrogen and oxygen atoms in total. The first kappa shape index (κ1) is 11.7. The van der Waals surface area contributed by atoms with Crippen LogP contribution in [-0.4, -0.2) is 31.4 Å². The lowest BCUT2D eigenvalue weighted by Gasteiger charge is -2.09. The average molecular weight is 278 g/mol. The zero-order valence-corrected chi connectivity index (χ0v) is 10.9. The molecular formula is C14H10N6O. The van der Waals surface area contributed by atoms with Gasteiger partial charge < -0.3 is 0 Å². The van der Waals surface area contributed by atoms with Crippen LogP contribution in [0.3, 0.4) is 0 Å². The van der Waals surface area contributed by atoms with Gasteiger partial charge in [0.15, 0.2) is 11.5 Å². The van der Waals surface area contributed by atoms with Crippen LogP contribution in [0, 0.1) is 0 Å². The number of carbonyl (C=O) groups excluding carboxylic acids is 1. The Morgan fingerprint density at radius 1 is 1.05 bits per heavy atom. The summed E-state index contributed by atoms with van der Waals surface area (Å²) in [7, 11) is 0. The molecule has 0 saturated heterocycles. The lowest BCUT2D eigenvalue weighted by molar-refractivity contribution is -0.116. The first-order valence-corrected chi connectivity index (χ1v) is 6.44. The van der Waals surface area contributed by atoms with E-state index < -0.39 is 0 Å². The van der Waals surface area contributed by atoms with Crippen molar-refractivity contribution in [1.29, 1.82) is 0 Å². The van der Waals surface area contributed by atoms with Gasteiger partial charge in [0.05, 0.1) is 12.1 Å². The first-order chi connectivity index (χ1) is 10.3. The Labute approximate surface area is 119 Å². The number of hydrogen-bond acceptors (Lipinski definition) is 5. The van der Waals surface area contributed by atoms with Crippen molar-refractivity contribution >= 4 is 23.1 Å². The van der Waals surface area contributed by atoms with Gasteiger partial charge in [0.1, 0.15) is 6.33 Å². The number of carbonyl (C=O) groups is 1. The fourth-order valence-corrected chi connectivity index (χ4v) is 2.23. The normalized spacial score (nSPS) is 14.8. The summed E-state index contributed by atoms with van der Waals surface area (Å²) in [6, 6.07) is 13.1. The van der Waals surface area contributed by atoms with E-state index in [9.17, 15) is 4.79 Å². The monoisotopic (exact) mass is 278 g/mol. The molecule has 3 heterocycles. The Kier molecular flexibility index (Phi) is 2.50. The van der Waals surface area contributed by atoms with Crippen LogP contribution in [0.15, 0.2) is 53.9 Å². The number of anilines is 1. The molecule has 0 aliphatic carbocycles. The molecule has 0 spiro atoms. The van der Waals surface area contributed by atoms with Crippen LogP contribution < -0.4 is 5.01 Å². The van der Waals surface area contributed by atoms with E-state index in [-0.39, 0.29) is 12.3 Å². The van der Waals surface area contributed by atoms with Gasteiger partial charge in [0.25, 0.3) is 5.91 Å². The van der Waals surface area contributed by atoms with Crippen molar-refractivity contribution in [3.63, 3.8) is 0 Å². The molecule has 0 N–H and O–H groups in total. The second-order valence-electron chi connectivity index (χ2n) is 4.62. The quantitative estimate of drug-likeness (QED) is 0.707. The summed E-state index contributed by atoms with van der Waals surface area (Å²) in [4.78, 5) is 12.2. The van der Waals surface area contributed by atoms with Crippen molar-refractivity contribution < 1.29 is 4.79 Å². The highest BCUT2D eigenvalue weighted by Gasteiger charge is 2.27. The van der Waals surface area contributed by atoms with Crippen molar-refractivity contribution in [3.8, 4) is 0 Å². The highest BCUT2D eigenvalue weighted by atomic mass is 16.2. The largest absolute Gasteiger partial charge is 0.272 e. The molecule has 1 aliphatic rings. The number of hydrogen-bond donors (Lipinski definition) is 0. The molecule has 0 fully saturated rings. The fourth-order valence-electron chi connectivity index (χ4n) is 2.23. The molecule has 0 atom stereocenters. The molecule has 0 saturated carbocycles. The predicted octanol–water partition coefficient (Wildman–Crippen LogP) is 1.27. The Bertz CT molecular complexity index is 854. The number of hydrazone groups is 1. The maximum Gasteiger partial charge on any atom is 0.255 e. The molecule has 7 heteroatoms. The molecule has 0 bridgehead atoms. The molecule has 21 heavy (non-hydrogen) atoms. The predicted molar refractivity (Wildman–Crippen MR) is 75.9 cm³/mol. The fraction of sp³-hybridized carbons (Fsp3) is 0.0714. The summed E-state index contributed by atoms with van der Waals surface area (Å²) in [6.07, 6.45) is 1.76. The van der Waals surface area contributed by atoms with E-state index >= 15 is 0 Å². The molecule has 1 aromatic carbocycles. The van der Waals surface area contributed by atoms with Gasteiger partial charge in [-0.3, -0.25) is 4.79 Å². The third-order valence-electron chi connectivity index (χ3n) is 3.25. The van der Waals surface area contributed by atoms with E-state index in [2.05, 4.69) is 20.4 Å².